The standard InChI is InChI=1S/C13H15NO2S/c1-2-16-13(15)11-6-7-12(14)10(9-11)5-3-4-8-17/h6-7,9,17H,2,4,8,14H2,1H3. The molecule has 3 nitrogen and oxygen atoms in total. The lowest BCUT2D eigenvalue weighted by Crippen LogP contribution is -2.05. The molecule has 0 fully saturated rings. The van der Waals surface area contributed by atoms with Gasteiger partial charge in [0.1, 0.15) is 0 Å². The van der Waals surface area contributed by atoms with Crippen molar-refractivity contribution in [2.45, 2.75) is 13.3 Å². The van der Waals surface area contributed by atoms with Gasteiger partial charge in [-0.15, -0.1) is 0 Å². The van der Waals surface area contributed by atoms with Gasteiger partial charge in [-0.3, -0.25) is 0 Å². The zero-order valence-electron chi connectivity index (χ0n) is 9.69. The molecule has 0 atom stereocenters. The zero-order valence-corrected chi connectivity index (χ0v) is 10.6. The van der Waals surface area contributed by atoms with Crippen molar-refractivity contribution >= 4 is 24.3 Å². The number of thiol groups is 1. The molecule has 0 bridgehead atoms. The molecule has 0 amide bonds. The minimum absolute atomic E-state index is 0.351. The van der Waals surface area contributed by atoms with E-state index in [-0.39, 0.29) is 5.97 Å². The van der Waals surface area contributed by atoms with Crippen molar-refractivity contribution in [2.24, 2.45) is 0 Å². The third-order valence-electron chi connectivity index (χ3n) is 2.02. The van der Waals surface area contributed by atoms with E-state index >= 15 is 0 Å². The number of nitrogen functional groups attached to an aromatic ring is 1. The second-order valence-corrected chi connectivity index (χ2v) is 3.75. The molecular weight excluding hydrogens is 234 g/mol. The maximum atomic E-state index is 11.5. The van der Waals surface area contributed by atoms with Crippen LogP contribution in [0.15, 0.2) is 18.2 Å². The molecule has 0 saturated heterocycles. The van der Waals surface area contributed by atoms with Gasteiger partial charge in [0.25, 0.3) is 0 Å². The van der Waals surface area contributed by atoms with E-state index in [4.69, 9.17) is 10.5 Å². The van der Waals surface area contributed by atoms with Crippen molar-refractivity contribution in [1.82, 2.24) is 0 Å². The van der Waals surface area contributed by atoms with Gasteiger partial charge in [0.05, 0.1) is 12.2 Å². The lowest BCUT2D eigenvalue weighted by atomic mass is 10.1. The van der Waals surface area contributed by atoms with E-state index in [1.807, 2.05) is 0 Å². The summed E-state index contributed by atoms with van der Waals surface area (Å²) in [4.78, 5) is 11.5. The lowest BCUT2D eigenvalue weighted by molar-refractivity contribution is 0.0526. The van der Waals surface area contributed by atoms with E-state index in [0.29, 0.717) is 35.6 Å². The Hall–Kier alpha value is -1.60. The molecular formula is C13H15NO2S. The predicted octanol–water partition coefficient (Wildman–Crippen LogP) is 2.12. The number of rotatable bonds is 3. The van der Waals surface area contributed by atoms with Crippen LogP contribution in [0, 0.1) is 11.8 Å². The van der Waals surface area contributed by atoms with Crippen LogP contribution >= 0.6 is 12.6 Å². The van der Waals surface area contributed by atoms with E-state index in [9.17, 15) is 4.79 Å². The van der Waals surface area contributed by atoms with Crippen LogP contribution in [0.1, 0.15) is 29.3 Å². The van der Waals surface area contributed by atoms with Crippen LogP contribution in [0.2, 0.25) is 0 Å². The van der Waals surface area contributed by atoms with Gasteiger partial charge < -0.3 is 10.5 Å². The molecule has 0 saturated carbocycles. The smallest absolute Gasteiger partial charge is 0.338 e. The van der Waals surface area contributed by atoms with Gasteiger partial charge >= 0.3 is 5.97 Å². The summed E-state index contributed by atoms with van der Waals surface area (Å²) >= 11 is 4.07. The number of carbonyl (C=O) groups is 1. The number of anilines is 1. The minimum atomic E-state index is -0.357. The van der Waals surface area contributed by atoms with Crippen molar-refractivity contribution in [3.05, 3.63) is 29.3 Å². The van der Waals surface area contributed by atoms with E-state index in [1.165, 1.54) is 0 Å². The molecule has 1 rings (SSSR count). The molecule has 0 aliphatic rings. The maximum absolute atomic E-state index is 11.5. The Kier molecular flexibility index (Phi) is 5.44. The first-order chi connectivity index (χ1) is 8.19. The van der Waals surface area contributed by atoms with Crippen LogP contribution in [-0.2, 0) is 4.74 Å². The highest BCUT2D eigenvalue weighted by Gasteiger charge is 2.07. The Balaban J connectivity index is 2.95. The van der Waals surface area contributed by atoms with Gasteiger partial charge in [-0.2, -0.15) is 12.6 Å². The highest BCUT2D eigenvalue weighted by molar-refractivity contribution is 7.80. The van der Waals surface area contributed by atoms with Crippen LogP contribution in [-0.4, -0.2) is 18.3 Å². The SMILES string of the molecule is CCOC(=O)c1ccc(N)c(C#CCCS)c1. The molecule has 1 aromatic rings. The quantitative estimate of drug-likeness (QED) is 0.373. The molecule has 90 valence electrons. The molecule has 2 N–H and O–H groups in total. The van der Waals surface area contributed by atoms with Crippen molar-refractivity contribution in [2.75, 3.05) is 18.1 Å². The summed E-state index contributed by atoms with van der Waals surface area (Å²) in [6.45, 7) is 2.12. The van der Waals surface area contributed by atoms with Crippen LogP contribution in [0.5, 0.6) is 0 Å². The van der Waals surface area contributed by atoms with Crippen molar-refractivity contribution < 1.29 is 9.53 Å². The van der Waals surface area contributed by atoms with E-state index < -0.39 is 0 Å². The van der Waals surface area contributed by atoms with Gasteiger partial charge in [0.2, 0.25) is 0 Å². The van der Waals surface area contributed by atoms with Crippen molar-refractivity contribution in [1.29, 1.82) is 0 Å². The van der Waals surface area contributed by atoms with Gasteiger partial charge in [-0.1, -0.05) is 11.8 Å². The van der Waals surface area contributed by atoms with Crippen LogP contribution in [0.4, 0.5) is 5.69 Å². The Morgan fingerprint density at radius 2 is 2.29 bits per heavy atom. The Bertz CT molecular complexity index is 460. The molecule has 0 unspecified atom stereocenters. The number of hydrogen-bond acceptors (Lipinski definition) is 4. The number of benzene rings is 1. The summed E-state index contributed by atoms with van der Waals surface area (Å²) in [7, 11) is 0. The topological polar surface area (TPSA) is 52.3 Å². The first-order valence-corrected chi connectivity index (χ1v) is 5.98. The fourth-order valence-corrected chi connectivity index (χ4v) is 1.33. The largest absolute Gasteiger partial charge is 0.462 e. The van der Waals surface area contributed by atoms with Crippen LogP contribution in [0.3, 0.4) is 0 Å². The fraction of sp³-hybridized carbons (Fsp3) is 0.308. The summed E-state index contributed by atoms with van der Waals surface area (Å²) in [5.74, 6) is 6.19. The summed E-state index contributed by atoms with van der Waals surface area (Å²) in [6.07, 6.45) is 0.687. The number of ether oxygens (including phenoxy) is 1. The number of carbonyl (C=O) groups excluding carboxylic acids is 1. The molecule has 4 heteroatoms. The molecule has 0 spiro atoms. The van der Waals surface area contributed by atoms with E-state index in [2.05, 4.69) is 24.5 Å². The van der Waals surface area contributed by atoms with Crippen molar-refractivity contribution in [3.63, 3.8) is 0 Å². The Morgan fingerprint density at radius 3 is 2.94 bits per heavy atom. The normalized spacial score (nSPS) is 9.29. The van der Waals surface area contributed by atoms with E-state index in [1.54, 1.807) is 25.1 Å². The summed E-state index contributed by atoms with van der Waals surface area (Å²) in [5, 5.41) is 0. The molecule has 0 aliphatic heterocycles. The third kappa shape index (κ3) is 4.04. The zero-order chi connectivity index (χ0) is 12.7. The summed E-state index contributed by atoms with van der Waals surface area (Å²) < 4.78 is 4.91. The first-order valence-electron chi connectivity index (χ1n) is 5.35. The van der Waals surface area contributed by atoms with Crippen LogP contribution < -0.4 is 5.73 Å². The molecule has 0 aliphatic carbocycles. The van der Waals surface area contributed by atoms with Crippen molar-refractivity contribution in [3.8, 4) is 11.8 Å². The van der Waals surface area contributed by atoms with Gasteiger partial charge in [0.15, 0.2) is 0 Å². The Morgan fingerprint density at radius 1 is 1.53 bits per heavy atom. The van der Waals surface area contributed by atoms with E-state index in [0.717, 1.165) is 0 Å². The molecule has 0 aromatic heterocycles. The second kappa shape index (κ2) is 6.87. The van der Waals surface area contributed by atoms with Crippen LogP contribution in [0.25, 0.3) is 0 Å². The highest BCUT2D eigenvalue weighted by atomic mass is 32.1. The fourth-order valence-electron chi connectivity index (χ4n) is 1.22. The second-order valence-electron chi connectivity index (χ2n) is 3.30. The van der Waals surface area contributed by atoms with Gasteiger partial charge in [-0.05, 0) is 25.1 Å². The summed E-state index contributed by atoms with van der Waals surface area (Å²) in [5.41, 5.74) is 7.45. The molecule has 17 heavy (non-hydrogen) atoms. The summed E-state index contributed by atoms with van der Waals surface area (Å²) in [6, 6.07) is 4.95. The molecule has 0 radical (unpaired) electrons. The van der Waals surface area contributed by atoms with Gasteiger partial charge in [0, 0.05) is 23.4 Å². The highest BCUT2D eigenvalue weighted by Crippen LogP contribution is 2.14. The monoisotopic (exact) mass is 249 g/mol. The molecule has 0 heterocycles. The minimum Gasteiger partial charge on any atom is -0.462 e. The third-order valence-corrected chi connectivity index (χ3v) is 2.25. The number of esters is 1. The average molecular weight is 249 g/mol. The lowest BCUT2D eigenvalue weighted by Gasteiger charge is -2.03. The average Bonchev–Trinajstić information content (AvgIpc) is 2.32. The number of hydrogen-bond donors (Lipinski definition) is 2. The maximum Gasteiger partial charge on any atom is 0.338 e. The predicted molar refractivity (Wildman–Crippen MR) is 72.2 cm³/mol. The van der Waals surface area contributed by atoms with Gasteiger partial charge in [-0.25, -0.2) is 4.79 Å². The molecule has 1 aromatic carbocycles. The first kappa shape index (κ1) is 13.5. The Labute approximate surface area is 107 Å². The number of nitrogens with two attached hydrogens (primary N) is 1.